The Labute approximate surface area is 139 Å². The van der Waals surface area contributed by atoms with Crippen molar-refractivity contribution >= 4 is 11.0 Å². The van der Waals surface area contributed by atoms with Crippen molar-refractivity contribution in [1.82, 2.24) is 0 Å². The summed E-state index contributed by atoms with van der Waals surface area (Å²) in [6.45, 7) is 6.33. The van der Waals surface area contributed by atoms with Crippen molar-refractivity contribution < 1.29 is 13.5 Å². The highest BCUT2D eigenvalue weighted by molar-refractivity contribution is 5.82. The molecule has 1 heterocycles. The molecule has 4 heteroatoms. The van der Waals surface area contributed by atoms with E-state index in [1.165, 1.54) is 17.7 Å². The van der Waals surface area contributed by atoms with Gasteiger partial charge in [0.1, 0.15) is 12.2 Å². The first-order valence-corrected chi connectivity index (χ1v) is 7.90. The zero-order valence-corrected chi connectivity index (χ0v) is 13.9. The fraction of sp³-hybridized carbons (Fsp3) is 0.250. The summed E-state index contributed by atoms with van der Waals surface area (Å²) in [5, 5.41) is 0.820. The van der Waals surface area contributed by atoms with Crippen molar-refractivity contribution in [2.45, 2.75) is 33.3 Å². The summed E-state index contributed by atoms with van der Waals surface area (Å²) in [6.07, 6.45) is 0. The molecule has 0 fully saturated rings. The maximum absolute atomic E-state index is 13.7. The van der Waals surface area contributed by atoms with Gasteiger partial charge in [0, 0.05) is 17.0 Å². The quantitative estimate of drug-likeness (QED) is 0.637. The lowest BCUT2D eigenvalue weighted by Gasteiger charge is -2.13. The average molecular weight is 326 g/mol. The topological polar surface area (TPSA) is 39.4 Å². The predicted molar refractivity (Wildman–Crippen MR) is 92.0 cm³/mol. The highest BCUT2D eigenvalue weighted by Crippen LogP contribution is 2.27. The van der Waals surface area contributed by atoms with Gasteiger partial charge in [-0.2, -0.15) is 0 Å². The average Bonchev–Trinajstić information content (AvgIpc) is 2.52. The second-order valence-corrected chi connectivity index (χ2v) is 6.17. The van der Waals surface area contributed by atoms with E-state index in [0.29, 0.717) is 17.1 Å². The third-order valence-corrected chi connectivity index (χ3v) is 4.06. The second-order valence-electron chi connectivity index (χ2n) is 6.17. The van der Waals surface area contributed by atoms with E-state index in [1.54, 1.807) is 18.2 Å². The molecule has 0 aliphatic rings. The SMILES string of the molecule is Cc1cc2oc(=O)cc(COc3ccccc3F)c2cc1C(C)C. The maximum atomic E-state index is 13.7. The summed E-state index contributed by atoms with van der Waals surface area (Å²) in [5.41, 5.74) is 3.03. The largest absolute Gasteiger partial charge is 0.486 e. The Morgan fingerprint density at radius 3 is 2.62 bits per heavy atom. The Hall–Kier alpha value is -2.62. The van der Waals surface area contributed by atoms with Gasteiger partial charge in [0.25, 0.3) is 0 Å². The molecule has 3 rings (SSSR count). The Balaban J connectivity index is 2.04. The zero-order valence-electron chi connectivity index (χ0n) is 13.9. The smallest absolute Gasteiger partial charge is 0.336 e. The van der Waals surface area contributed by atoms with Crippen molar-refractivity contribution in [3.8, 4) is 5.75 Å². The van der Waals surface area contributed by atoms with Gasteiger partial charge in [0.15, 0.2) is 11.6 Å². The molecule has 3 aromatic rings. The molecule has 2 aromatic carbocycles. The van der Waals surface area contributed by atoms with Crippen molar-refractivity contribution in [2.24, 2.45) is 0 Å². The van der Waals surface area contributed by atoms with E-state index >= 15 is 0 Å². The summed E-state index contributed by atoms with van der Waals surface area (Å²) >= 11 is 0. The van der Waals surface area contributed by atoms with Gasteiger partial charge in [-0.3, -0.25) is 0 Å². The molecular weight excluding hydrogens is 307 g/mol. The summed E-state index contributed by atoms with van der Waals surface area (Å²) in [7, 11) is 0. The summed E-state index contributed by atoms with van der Waals surface area (Å²) < 4.78 is 24.6. The van der Waals surface area contributed by atoms with E-state index in [2.05, 4.69) is 13.8 Å². The minimum Gasteiger partial charge on any atom is -0.486 e. The molecule has 0 bridgehead atoms. The number of para-hydroxylation sites is 1. The van der Waals surface area contributed by atoms with Crippen LogP contribution in [0.3, 0.4) is 0 Å². The van der Waals surface area contributed by atoms with Crippen molar-refractivity contribution in [1.29, 1.82) is 0 Å². The molecule has 0 aliphatic carbocycles. The Bertz CT molecular complexity index is 941. The molecule has 0 saturated heterocycles. The molecule has 0 unspecified atom stereocenters. The Morgan fingerprint density at radius 1 is 1.17 bits per heavy atom. The number of aryl methyl sites for hydroxylation is 1. The van der Waals surface area contributed by atoms with E-state index in [9.17, 15) is 9.18 Å². The summed E-state index contributed by atoms with van der Waals surface area (Å²) in [4.78, 5) is 11.8. The molecule has 0 saturated carbocycles. The molecule has 0 atom stereocenters. The van der Waals surface area contributed by atoms with Gasteiger partial charge in [-0.15, -0.1) is 0 Å². The van der Waals surface area contributed by atoms with Crippen LogP contribution in [0, 0.1) is 12.7 Å². The van der Waals surface area contributed by atoms with Crippen molar-refractivity contribution in [3.05, 3.63) is 75.4 Å². The van der Waals surface area contributed by atoms with Crippen LogP contribution in [0.2, 0.25) is 0 Å². The number of hydrogen-bond acceptors (Lipinski definition) is 3. The first kappa shape index (κ1) is 16.2. The fourth-order valence-corrected chi connectivity index (χ4v) is 2.85. The standard InChI is InChI=1S/C20H19FO3/c1-12(2)15-10-16-14(9-20(22)24-19(16)8-13(15)3)11-23-18-7-5-4-6-17(18)21/h4-10,12H,11H2,1-3H3. The van der Waals surface area contributed by atoms with Crippen LogP contribution in [0.15, 0.2) is 51.7 Å². The predicted octanol–water partition coefficient (Wildman–Crippen LogP) is 4.94. The van der Waals surface area contributed by atoms with Crippen LogP contribution in [-0.2, 0) is 6.61 Å². The molecule has 0 aliphatic heterocycles. The molecule has 3 nitrogen and oxygen atoms in total. The molecule has 0 spiro atoms. The van der Waals surface area contributed by atoms with Crippen LogP contribution in [-0.4, -0.2) is 0 Å². The zero-order chi connectivity index (χ0) is 17.3. The number of benzene rings is 2. The molecule has 0 N–H and O–H groups in total. The van der Waals surface area contributed by atoms with Gasteiger partial charge in [-0.25, -0.2) is 9.18 Å². The van der Waals surface area contributed by atoms with E-state index in [0.717, 1.165) is 10.9 Å². The first-order valence-electron chi connectivity index (χ1n) is 7.90. The van der Waals surface area contributed by atoms with Gasteiger partial charge in [0.05, 0.1) is 0 Å². The number of hydrogen-bond donors (Lipinski definition) is 0. The summed E-state index contributed by atoms with van der Waals surface area (Å²) in [5.74, 6) is 0.0836. The van der Waals surface area contributed by atoms with Crippen LogP contribution < -0.4 is 10.4 Å². The van der Waals surface area contributed by atoms with Crippen molar-refractivity contribution in [2.75, 3.05) is 0 Å². The van der Waals surface area contributed by atoms with E-state index in [4.69, 9.17) is 9.15 Å². The highest BCUT2D eigenvalue weighted by Gasteiger charge is 2.12. The maximum Gasteiger partial charge on any atom is 0.336 e. The lowest BCUT2D eigenvalue weighted by atomic mass is 9.95. The Morgan fingerprint density at radius 2 is 1.92 bits per heavy atom. The lowest BCUT2D eigenvalue weighted by molar-refractivity contribution is 0.291. The van der Waals surface area contributed by atoms with Crippen LogP contribution in [0.25, 0.3) is 11.0 Å². The molecule has 0 amide bonds. The van der Waals surface area contributed by atoms with E-state index in [-0.39, 0.29) is 12.4 Å². The van der Waals surface area contributed by atoms with Gasteiger partial charge in [-0.05, 0) is 48.2 Å². The van der Waals surface area contributed by atoms with Crippen LogP contribution in [0.4, 0.5) is 4.39 Å². The number of ether oxygens (including phenoxy) is 1. The second kappa shape index (κ2) is 6.48. The summed E-state index contributed by atoms with van der Waals surface area (Å²) in [6, 6.07) is 11.5. The van der Waals surface area contributed by atoms with E-state index < -0.39 is 11.4 Å². The Kier molecular flexibility index (Phi) is 4.38. The van der Waals surface area contributed by atoms with Crippen LogP contribution >= 0.6 is 0 Å². The van der Waals surface area contributed by atoms with Gasteiger partial charge in [0.2, 0.25) is 0 Å². The monoisotopic (exact) mass is 326 g/mol. The van der Waals surface area contributed by atoms with Gasteiger partial charge < -0.3 is 9.15 Å². The third-order valence-electron chi connectivity index (χ3n) is 4.06. The highest BCUT2D eigenvalue weighted by atomic mass is 19.1. The number of fused-ring (bicyclic) bond motifs is 1. The minimum atomic E-state index is -0.439. The minimum absolute atomic E-state index is 0.101. The number of rotatable bonds is 4. The first-order chi connectivity index (χ1) is 11.5. The fourth-order valence-electron chi connectivity index (χ4n) is 2.85. The van der Waals surface area contributed by atoms with Crippen LogP contribution in [0.5, 0.6) is 5.75 Å². The van der Waals surface area contributed by atoms with Crippen molar-refractivity contribution in [3.63, 3.8) is 0 Å². The molecular formula is C20H19FO3. The number of halogens is 1. The van der Waals surface area contributed by atoms with Crippen LogP contribution in [0.1, 0.15) is 36.5 Å². The molecule has 24 heavy (non-hydrogen) atoms. The van der Waals surface area contributed by atoms with E-state index in [1.807, 2.05) is 19.1 Å². The van der Waals surface area contributed by atoms with Gasteiger partial charge >= 0.3 is 5.63 Å². The molecule has 124 valence electrons. The normalized spacial score (nSPS) is 11.2. The molecule has 0 radical (unpaired) electrons. The van der Waals surface area contributed by atoms with Gasteiger partial charge in [-0.1, -0.05) is 26.0 Å². The lowest BCUT2D eigenvalue weighted by Crippen LogP contribution is -2.05. The molecule has 1 aromatic heterocycles. The third kappa shape index (κ3) is 3.18.